The molecule has 1 aliphatic rings. The van der Waals surface area contributed by atoms with Crippen molar-refractivity contribution in [2.45, 2.75) is 57.5 Å². The third-order valence-electron chi connectivity index (χ3n) is 6.46. The molecule has 0 aliphatic carbocycles. The Morgan fingerprint density at radius 3 is 2.58 bits per heavy atom. The van der Waals surface area contributed by atoms with Crippen molar-refractivity contribution in [1.29, 1.82) is 0 Å². The third kappa shape index (κ3) is 7.14. The van der Waals surface area contributed by atoms with Crippen LogP contribution in [0.5, 0.6) is 5.75 Å². The van der Waals surface area contributed by atoms with E-state index in [9.17, 15) is 19.3 Å². The number of ether oxygens (including phenoxy) is 2. The second-order valence-corrected chi connectivity index (χ2v) is 11.5. The number of alkyl halides is 1. The number of aromatic amines is 1. The van der Waals surface area contributed by atoms with E-state index in [4.69, 9.17) is 18.5 Å². The molecule has 2 unspecified atom stereocenters. The Kier molecular flexibility index (Phi) is 9.40. The van der Waals surface area contributed by atoms with Crippen LogP contribution in [0.2, 0.25) is 0 Å². The van der Waals surface area contributed by atoms with Gasteiger partial charge in [0.25, 0.3) is 5.56 Å². The Hall–Kier alpha value is -3.12. The number of aryl methyl sites for hydroxylation is 1. The van der Waals surface area contributed by atoms with Gasteiger partial charge in [0.1, 0.15) is 18.0 Å². The molecule has 1 aromatic heterocycles. The summed E-state index contributed by atoms with van der Waals surface area (Å²) in [5.41, 5.74) is -1.91. The van der Waals surface area contributed by atoms with Crippen molar-refractivity contribution in [2.75, 3.05) is 13.2 Å². The first-order chi connectivity index (χ1) is 19.0. The lowest BCUT2D eigenvalue weighted by Gasteiger charge is -2.25. The SMILES string of the molecule is Cc1ccccc1COC[C@@H](C)NP(=O)(OC[C@H]1O[C@@H](n2ccc(=O)[nH]c2=O)C(C)(F)[C@H]1O)Oc1ccccc1. The largest absolute Gasteiger partial charge is 0.459 e. The molecule has 1 saturated heterocycles. The van der Waals surface area contributed by atoms with Crippen LogP contribution in [0.3, 0.4) is 0 Å². The van der Waals surface area contributed by atoms with Crippen molar-refractivity contribution in [2.24, 2.45) is 0 Å². The van der Waals surface area contributed by atoms with Gasteiger partial charge in [-0.2, -0.15) is 0 Å². The van der Waals surface area contributed by atoms with Crippen molar-refractivity contribution in [3.05, 3.63) is 98.8 Å². The average molecular weight is 578 g/mol. The molecule has 3 N–H and O–H groups in total. The highest BCUT2D eigenvalue weighted by Crippen LogP contribution is 2.47. The standard InChI is InChI=1S/C27H33FN3O8P/c1-18-9-7-8-10-20(18)16-36-15-19(2)30-40(35,39-21-11-5-4-6-12-21)37-17-22-24(33)27(3,28)25(38-22)31-14-13-23(32)29-26(31)34/h4-14,19,22,24-25,33H,15-17H2,1-3H3,(H,30,35)(H,29,32,34)/t19-,22-,24+,25-,27?,40?/m1/s1. The summed E-state index contributed by atoms with van der Waals surface area (Å²) >= 11 is 0. The van der Waals surface area contributed by atoms with Gasteiger partial charge < -0.3 is 19.1 Å². The van der Waals surface area contributed by atoms with E-state index in [0.717, 1.165) is 34.9 Å². The summed E-state index contributed by atoms with van der Waals surface area (Å²) in [6.45, 7) is 4.76. The number of H-pyrrole nitrogens is 1. The van der Waals surface area contributed by atoms with Crippen LogP contribution < -0.4 is 20.9 Å². The summed E-state index contributed by atoms with van der Waals surface area (Å²) in [6.07, 6.45) is -3.57. The van der Waals surface area contributed by atoms with Crippen LogP contribution in [0.15, 0.2) is 76.4 Å². The molecule has 13 heteroatoms. The number of benzene rings is 2. The number of aliphatic hydroxyl groups is 1. The van der Waals surface area contributed by atoms with Gasteiger partial charge in [0, 0.05) is 18.3 Å². The topological polar surface area (TPSA) is 141 Å². The number of rotatable bonds is 12. The number of halogens is 1. The highest BCUT2D eigenvalue weighted by atomic mass is 31.2. The molecule has 1 fully saturated rings. The van der Waals surface area contributed by atoms with E-state index in [0.29, 0.717) is 6.61 Å². The molecule has 3 aromatic rings. The van der Waals surface area contributed by atoms with Gasteiger partial charge in [-0.3, -0.25) is 18.9 Å². The Morgan fingerprint density at radius 1 is 1.18 bits per heavy atom. The van der Waals surface area contributed by atoms with Gasteiger partial charge in [0.05, 0.1) is 19.8 Å². The lowest BCUT2D eigenvalue weighted by molar-refractivity contribution is -0.0594. The van der Waals surface area contributed by atoms with E-state index in [1.807, 2.05) is 36.2 Å². The first-order valence-electron chi connectivity index (χ1n) is 12.7. The minimum Gasteiger partial charge on any atom is -0.413 e. The molecule has 0 saturated carbocycles. The van der Waals surface area contributed by atoms with E-state index in [1.165, 1.54) is 0 Å². The fourth-order valence-electron chi connectivity index (χ4n) is 4.27. The monoisotopic (exact) mass is 577 g/mol. The smallest absolute Gasteiger partial charge is 0.413 e. The second kappa shape index (κ2) is 12.6. The summed E-state index contributed by atoms with van der Waals surface area (Å²) < 4.78 is 53.0. The maximum absolute atomic E-state index is 15.6. The number of nitrogens with zero attached hydrogens (tertiary/aromatic N) is 1. The second-order valence-electron chi connectivity index (χ2n) is 9.81. The van der Waals surface area contributed by atoms with Gasteiger partial charge in [0.15, 0.2) is 11.9 Å². The predicted molar refractivity (Wildman–Crippen MR) is 145 cm³/mol. The zero-order valence-electron chi connectivity index (χ0n) is 22.4. The molecule has 1 aliphatic heterocycles. The molecular weight excluding hydrogens is 544 g/mol. The van der Waals surface area contributed by atoms with Crippen molar-refractivity contribution < 1.29 is 32.6 Å². The van der Waals surface area contributed by atoms with Crippen molar-refractivity contribution >= 4 is 7.75 Å². The first-order valence-corrected chi connectivity index (χ1v) is 14.3. The first kappa shape index (κ1) is 29.9. The van der Waals surface area contributed by atoms with Crippen LogP contribution in [-0.2, 0) is 25.2 Å². The lowest BCUT2D eigenvalue weighted by Crippen LogP contribution is -2.43. The van der Waals surface area contributed by atoms with Gasteiger partial charge in [-0.25, -0.2) is 18.8 Å². The van der Waals surface area contributed by atoms with Crippen molar-refractivity contribution in [1.82, 2.24) is 14.6 Å². The molecule has 0 spiro atoms. The molecule has 40 heavy (non-hydrogen) atoms. The quantitative estimate of drug-likeness (QED) is 0.277. The average Bonchev–Trinajstić information content (AvgIpc) is 3.12. The van der Waals surface area contributed by atoms with Crippen LogP contribution in [0, 0.1) is 6.92 Å². The zero-order chi connectivity index (χ0) is 28.9. The minimum absolute atomic E-state index is 0.169. The predicted octanol–water partition coefficient (Wildman–Crippen LogP) is 3.23. The molecule has 216 valence electrons. The fourth-order valence-corrected chi connectivity index (χ4v) is 5.81. The van der Waals surface area contributed by atoms with Gasteiger partial charge in [-0.15, -0.1) is 0 Å². The van der Waals surface area contributed by atoms with Crippen LogP contribution in [-0.4, -0.2) is 51.8 Å². The number of nitrogens with one attached hydrogen (secondary N) is 2. The maximum Gasteiger partial charge on any atom is 0.459 e. The zero-order valence-corrected chi connectivity index (χ0v) is 23.3. The molecule has 11 nitrogen and oxygen atoms in total. The summed E-state index contributed by atoms with van der Waals surface area (Å²) in [5, 5.41) is 13.5. The molecule has 2 heterocycles. The number of para-hydroxylation sites is 1. The van der Waals surface area contributed by atoms with Crippen LogP contribution >= 0.6 is 7.75 Å². The van der Waals surface area contributed by atoms with E-state index in [-0.39, 0.29) is 12.4 Å². The molecule has 0 amide bonds. The van der Waals surface area contributed by atoms with Crippen LogP contribution in [0.4, 0.5) is 4.39 Å². The Morgan fingerprint density at radius 2 is 1.88 bits per heavy atom. The Labute approximate surface area is 230 Å². The molecular formula is C27H33FN3O8P. The van der Waals surface area contributed by atoms with E-state index in [1.54, 1.807) is 37.3 Å². The van der Waals surface area contributed by atoms with Gasteiger partial charge >= 0.3 is 13.4 Å². The highest BCUT2D eigenvalue weighted by Gasteiger charge is 2.55. The van der Waals surface area contributed by atoms with Gasteiger partial charge in [-0.05, 0) is 44.0 Å². The summed E-state index contributed by atoms with van der Waals surface area (Å²) in [5.74, 6) is 0.257. The molecule has 0 bridgehead atoms. The van der Waals surface area contributed by atoms with Gasteiger partial charge in [-0.1, -0.05) is 42.5 Å². The summed E-state index contributed by atoms with van der Waals surface area (Å²) in [7, 11) is -4.11. The fraction of sp³-hybridized carbons (Fsp3) is 0.407. The molecule has 2 aromatic carbocycles. The number of hydrogen-bond donors (Lipinski definition) is 3. The number of aliphatic hydroxyl groups excluding tert-OH is 1. The molecule has 0 radical (unpaired) electrons. The lowest BCUT2D eigenvalue weighted by atomic mass is 9.98. The Bertz CT molecular complexity index is 1450. The van der Waals surface area contributed by atoms with Crippen molar-refractivity contribution in [3.8, 4) is 5.75 Å². The van der Waals surface area contributed by atoms with Crippen LogP contribution in [0.1, 0.15) is 31.2 Å². The van der Waals surface area contributed by atoms with E-state index >= 15 is 4.39 Å². The van der Waals surface area contributed by atoms with Crippen LogP contribution in [0.25, 0.3) is 0 Å². The molecule has 4 rings (SSSR count). The number of aromatic nitrogens is 2. The van der Waals surface area contributed by atoms with Crippen molar-refractivity contribution in [3.63, 3.8) is 0 Å². The van der Waals surface area contributed by atoms with Gasteiger partial charge in [0.2, 0.25) is 0 Å². The van der Waals surface area contributed by atoms with E-state index in [2.05, 4.69) is 5.09 Å². The summed E-state index contributed by atoms with van der Waals surface area (Å²) in [4.78, 5) is 25.7. The minimum atomic E-state index is -4.11. The maximum atomic E-state index is 15.6. The highest BCUT2D eigenvalue weighted by molar-refractivity contribution is 7.52. The summed E-state index contributed by atoms with van der Waals surface area (Å²) in [6, 6.07) is 16.7. The normalized spacial score (nSPS) is 24.9. The Balaban J connectivity index is 1.44. The van der Waals surface area contributed by atoms with E-state index < -0.39 is 55.7 Å². The molecule has 6 atom stereocenters. The number of hydrogen-bond acceptors (Lipinski definition) is 8. The third-order valence-corrected chi connectivity index (χ3v) is 8.16.